The first-order valence-electron chi connectivity index (χ1n) is 9.52. The van der Waals surface area contributed by atoms with E-state index in [0.29, 0.717) is 19.5 Å². The SMILES string of the molecule is Cc1ccc(-n2c(=S)sc3c(=O)n(C)c(SCC(=O)Nc4cccc(C)c4)nc32)cc1. The predicted molar refractivity (Wildman–Crippen MR) is 130 cm³/mol. The lowest BCUT2D eigenvalue weighted by atomic mass is 10.2. The van der Waals surface area contributed by atoms with Crippen molar-refractivity contribution in [1.29, 1.82) is 0 Å². The lowest BCUT2D eigenvalue weighted by Crippen LogP contribution is -2.21. The number of nitrogens with zero attached hydrogens (tertiary/aromatic N) is 3. The van der Waals surface area contributed by atoms with E-state index in [9.17, 15) is 9.59 Å². The molecular formula is C22H20N4O2S3. The number of anilines is 1. The van der Waals surface area contributed by atoms with E-state index in [0.717, 1.165) is 22.5 Å². The molecule has 1 amide bonds. The second-order valence-electron chi connectivity index (χ2n) is 7.16. The predicted octanol–water partition coefficient (Wildman–Crippen LogP) is 4.86. The van der Waals surface area contributed by atoms with Crippen LogP contribution < -0.4 is 10.9 Å². The van der Waals surface area contributed by atoms with Crippen LogP contribution in [0.2, 0.25) is 0 Å². The van der Waals surface area contributed by atoms with Crippen molar-refractivity contribution in [2.75, 3.05) is 11.1 Å². The molecule has 0 aliphatic heterocycles. The van der Waals surface area contributed by atoms with Gasteiger partial charge in [-0.25, -0.2) is 4.98 Å². The highest BCUT2D eigenvalue weighted by molar-refractivity contribution is 7.99. The number of carbonyl (C=O) groups excluding carboxylic acids is 1. The zero-order chi connectivity index (χ0) is 22.1. The highest BCUT2D eigenvalue weighted by Crippen LogP contribution is 2.26. The van der Waals surface area contributed by atoms with Gasteiger partial charge in [0.1, 0.15) is 4.70 Å². The number of hydrogen-bond donors (Lipinski definition) is 1. The molecule has 0 radical (unpaired) electrons. The summed E-state index contributed by atoms with van der Waals surface area (Å²) in [6.07, 6.45) is 0. The van der Waals surface area contributed by atoms with Gasteiger partial charge in [0.15, 0.2) is 14.8 Å². The number of nitrogens with one attached hydrogen (secondary N) is 1. The number of fused-ring (bicyclic) bond motifs is 1. The summed E-state index contributed by atoms with van der Waals surface area (Å²) in [5.74, 6) is -0.0274. The molecule has 1 N–H and O–H groups in total. The first kappa shape index (κ1) is 21.5. The van der Waals surface area contributed by atoms with E-state index in [4.69, 9.17) is 17.2 Å². The number of thioether (sulfide) groups is 1. The Morgan fingerprint density at radius 3 is 2.61 bits per heavy atom. The first-order valence-corrected chi connectivity index (χ1v) is 11.7. The lowest BCUT2D eigenvalue weighted by Gasteiger charge is -2.10. The molecule has 0 unspecified atom stereocenters. The molecule has 0 spiro atoms. The van der Waals surface area contributed by atoms with Gasteiger partial charge in [0.25, 0.3) is 5.56 Å². The van der Waals surface area contributed by atoms with Gasteiger partial charge in [0.05, 0.1) is 5.75 Å². The van der Waals surface area contributed by atoms with E-state index in [-0.39, 0.29) is 17.2 Å². The van der Waals surface area contributed by atoms with Crippen LogP contribution in [0.15, 0.2) is 58.5 Å². The van der Waals surface area contributed by atoms with Crippen molar-refractivity contribution in [3.8, 4) is 5.69 Å². The van der Waals surface area contributed by atoms with Crippen LogP contribution >= 0.6 is 35.3 Å². The molecule has 2 aromatic carbocycles. The molecule has 9 heteroatoms. The Kier molecular flexibility index (Phi) is 6.08. The zero-order valence-corrected chi connectivity index (χ0v) is 19.7. The summed E-state index contributed by atoms with van der Waals surface area (Å²) in [5, 5.41) is 3.34. The molecule has 0 aliphatic carbocycles. The third kappa shape index (κ3) is 4.48. The highest BCUT2D eigenvalue weighted by Gasteiger charge is 2.17. The largest absolute Gasteiger partial charge is 0.325 e. The van der Waals surface area contributed by atoms with E-state index in [2.05, 4.69) is 5.32 Å². The van der Waals surface area contributed by atoms with Crippen molar-refractivity contribution in [3.05, 3.63) is 74.0 Å². The molecule has 158 valence electrons. The Balaban J connectivity index is 1.65. The van der Waals surface area contributed by atoms with Crippen LogP contribution in [-0.4, -0.2) is 25.8 Å². The van der Waals surface area contributed by atoms with Crippen LogP contribution in [0.4, 0.5) is 5.69 Å². The van der Waals surface area contributed by atoms with Crippen LogP contribution in [0.5, 0.6) is 0 Å². The average Bonchev–Trinajstić information content (AvgIpc) is 3.06. The number of amides is 1. The fourth-order valence-corrected chi connectivity index (χ4v) is 5.22. The van der Waals surface area contributed by atoms with Crippen LogP contribution in [0.1, 0.15) is 11.1 Å². The number of hydrogen-bond acceptors (Lipinski definition) is 6. The zero-order valence-electron chi connectivity index (χ0n) is 17.2. The normalized spacial score (nSPS) is 11.1. The van der Waals surface area contributed by atoms with Gasteiger partial charge in [-0.3, -0.25) is 18.7 Å². The second kappa shape index (κ2) is 8.78. The molecule has 31 heavy (non-hydrogen) atoms. The Bertz CT molecular complexity index is 1400. The van der Waals surface area contributed by atoms with Crippen molar-refractivity contribution < 1.29 is 4.79 Å². The average molecular weight is 469 g/mol. The maximum Gasteiger partial charge on any atom is 0.273 e. The monoisotopic (exact) mass is 468 g/mol. The molecule has 4 aromatic rings. The van der Waals surface area contributed by atoms with E-state index in [1.807, 2.05) is 66.9 Å². The quantitative estimate of drug-likeness (QED) is 0.257. The number of rotatable bonds is 5. The molecule has 0 bridgehead atoms. The third-order valence-electron chi connectivity index (χ3n) is 4.70. The number of carbonyl (C=O) groups is 1. The maximum absolute atomic E-state index is 12.9. The van der Waals surface area contributed by atoms with E-state index in [1.165, 1.54) is 27.7 Å². The molecule has 0 saturated carbocycles. The van der Waals surface area contributed by atoms with E-state index < -0.39 is 0 Å². The maximum atomic E-state index is 12.9. The van der Waals surface area contributed by atoms with Gasteiger partial charge in [-0.2, -0.15) is 0 Å². The Morgan fingerprint density at radius 2 is 1.90 bits per heavy atom. The van der Waals surface area contributed by atoms with Crippen molar-refractivity contribution >= 4 is 57.3 Å². The van der Waals surface area contributed by atoms with Gasteiger partial charge < -0.3 is 5.32 Å². The first-order chi connectivity index (χ1) is 14.8. The van der Waals surface area contributed by atoms with Crippen molar-refractivity contribution in [1.82, 2.24) is 14.1 Å². The summed E-state index contributed by atoms with van der Waals surface area (Å²) < 4.78 is 4.34. The Labute approximate surface area is 192 Å². The fraction of sp³-hybridized carbons (Fsp3) is 0.182. The second-order valence-corrected chi connectivity index (χ2v) is 9.74. The van der Waals surface area contributed by atoms with Crippen LogP contribution in [0.3, 0.4) is 0 Å². The minimum absolute atomic E-state index is 0.134. The highest BCUT2D eigenvalue weighted by atomic mass is 32.2. The van der Waals surface area contributed by atoms with Crippen molar-refractivity contribution in [3.63, 3.8) is 0 Å². The molecule has 6 nitrogen and oxygen atoms in total. The number of aromatic nitrogens is 3. The standard InChI is InChI=1S/C22H20N4O2S3/c1-13-7-9-16(10-8-13)26-19-18(31-22(26)29)20(28)25(3)21(24-19)30-12-17(27)23-15-6-4-5-14(2)11-15/h4-11H,12H2,1-3H3,(H,23,27). The smallest absolute Gasteiger partial charge is 0.273 e. The van der Waals surface area contributed by atoms with Gasteiger partial charge in [0.2, 0.25) is 5.91 Å². The molecule has 0 aliphatic rings. The van der Waals surface area contributed by atoms with Gasteiger partial charge in [-0.1, -0.05) is 52.9 Å². The minimum Gasteiger partial charge on any atom is -0.325 e. The Morgan fingerprint density at radius 1 is 1.16 bits per heavy atom. The summed E-state index contributed by atoms with van der Waals surface area (Å²) in [4.78, 5) is 30.0. The summed E-state index contributed by atoms with van der Waals surface area (Å²) in [6, 6.07) is 15.5. The third-order valence-corrected chi connectivity index (χ3v) is 7.08. The molecule has 2 heterocycles. The van der Waals surface area contributed by atoms with Gasteiger partial charge >= 0.3 is 0 Å². The molecule has 4 rings (SSSR count). The topological polar surface area (TPSA) is 68.9 Å². The number of benzene rings is 2. The summed E-state index contributed by atoms with van der Waals surface area (Å²) in [5.41, 5.74) is 4.15. The summed E-state index contributed by atoms with van der Waals surface area (Å²) >= 11 is 7.99. The summed E-state index contributed by atoms with van der Waals surface area (Å²) in [6.45, 7) is 3.98. The lowest BCUT2D eigenvalue weighted by molar-refractivity contribution is -0.113. The Hall–Kier alpha value is -2.75. The van der Waals surface area contributed by atoms with Gasteiger partial charge in [0, 0.05) is 18.4 Å². The van der Waals surface area contributed by atoms with Crippen LogP contribution in [0, 0.1) is 17.8 Å². The molecule has 0 saturated heterocycles. The van der Waals surface area contributed by atoms with E-state index >= 15 is 0 Å². The number of thiazole rings is 1. The van der Waals surface area contributed by atoms with E-state index in [1.54, 1.807) is 7.05 Å². The van der Waals surface area contributed by atoms with Crippen molar-refractivity contribution in [2.24, 2.45) is 7.05 Å². The van der Waals surface area contributed by atoms with Crippen LogP contribution in [0.25, 0.3) is 16.0 Å². The number of aryl methyl sites for hydroxylation is 2. The van der Waals surface area contributed by atoms with Gasteiger partial charge in [-0.15, -0.1) is 0 Å². The molecular weight excluding hydrogens is 448 g/mol. The molecule has 2 aromatic heterocycles. The molecule has 0 atom stereocenters. The van der Waals surface area contributed by atoms with Crippen molar-refractivity contribution in [2.45, 2.75) is 19.0 Å². The fourth-order valence-electron chi connectivity index (χ4n) is 3.11. The van der Waals surface area contributed by atoms with Crippen LogP contribution in [-0.2, 0) is 11.8 Å². The van der Waals surface area contributed by atoms with Gasteiger partial charge in [-0.05, 0) is 55.9 Å². The minimum atomic E-state index is -0.173. The molecule has 0 fully saturated rings. The summed E-state index contributed by atoms with van der Waals surface area (Å²) in [7, 11) is 1.66.